The summed E-state index contributed by atoms with van der Waals surface area (Å²) in [6, 6.07) is 6.61. The predicted molar refractivity (Wildman–Crippen MR) is 67.7 cm³/mol. The van der Waals surface area contributed by atoms with Gasteiger partial charge in [-0.2, -0.15) is 0 Å². The molecule has 0 radical (unpaired) electrons. The Hall–Kier alpha value is -2.10. The van der Waals surface area contributed by atoms with Crippen LogP contribution in [-0.4, -0.2) is 23.3 Å². The van der Waals surface area contributed by atoms with Crippen molar-refractivity contribution in [2.75, 3.05) is 6.61 Å². The molecule has 2 aliphatic rings. The van der Waals surface area contributed by atoms with Crippen LogP contribution in [0.15, 0.2) is 35.6 Å². The minimum absolute atomic E-state index is 0.0550. The second-order valence-corrected chi connectivity index (χ2v) is 4.94. The molecule has 1 aliphatic carbocycles. The fraction of sp³-hybridized carbons (Fsp3) is 0.333. The summed E-state index contributed by atoms with van der Waals surface area (Å²) in [5.74, 6) is 0.606. The lowest BCUT2D eigenvalue weighted by atomic mass is 9.83. The summed E-state index contributed by atoms with van der Waals surface area (Å²) in [6.45, 7) is 0.274. The van der Waals surface area contributed by atoms with Crippen LogP contribution in [0.25, 0.3) is 0 Å². The molecule has 1 aromatic carbocycles. The number of ketones is 2. The molecule has 4 heteroatoms. The molecule has 0 saturated heterocycles. The van der Waals surface area contributed by atoms with Crippen LogP contribution in [0, 0.1) is 0 Å². The maximum absolute atomic E-state index is 12.4. The van der Waals surface area contributed by atoms with Gasteiger partial charge in [0.2, 0.25) is 0 Å². The number of aromatic hydroxyl groups is 1. The van der Waals surface area contributed by atoms with Gasteiger partial charge < -0.3 is 9.84 Å². The molecule has 1 aromatic rings. The first kappa shape index (κ1) is 12.0. The first-order valence-electron chi connectivity index (χ1n) is 6.35. The second-order valence-electron chi connectivity index (χ2n) is 4.94. The number of hydrogen-bond acceptors (Lipinski definition) is 4. The largest absolute Gasteiger partial charge is 0.508 e. The van der Waals surface area contributed by atoms with Gasteiger partial charge in [-0.25, -0.2) is 0 Å². The van der Waals surface area contributed by atoms with Crippen molar-refractivity contribution in [2.45, 2.75) is 25.2 Å². The van der Waals surface area contributed by atoms with E-state index >= 15 is 0 Å². The van der Waals surface area contributed by atoms with E-state index in [1.54, 1.807) is 24.3 Å². The third-order valence-electron chi connectivity index (χ3n) is 3.68. The molecule has 19 heavy (non-hydrogen) atoms. The average Bonchev–Trinajstić information content (AvgIpc) is 2.40. The van der Waals surface area contributed by atoms with E-state index in [1.807, 2.05) is 0 Å². The van der Waals surface area contributed by atoms with Crippen LogP contribution in [0.5, 0.6) is 5.75 Å². The molecule has 3 rings (SSSR count). The highest BCUT2D eigenvalue weighted by Gasteiger charge is 2.35. The maximum Gasteiger partial charge on any atom is 0.173 e. The van der Waals surface area contributed by atoms with Gasteiger partial charge in [0.15, 0.2) is 5.78 Å². The lowest BCUT2D eigenvalue weighted by Crippen LogP contribution is -2.29. The molecule has 0 bridgehead atoms. The van der Waals surface area contributed by atoms with Gasteiger partial charge in [0.1, 0.15) is 23.9 Å². The van der Waals surface area contributed by atoms with Crippen LogP contribution >= 0.6 is 0 Å². The molecule has 1 N–H and O–H groups in total. The molecule has 0 aromatic heterocycles. The minimum atomic E-state index is -0.326. The summed E-state index contributed by atoms with van der Waals surface area (Å²) in [6.07, 6.45) is 1.17. The van der Waals surface area contributed by atoms with Crippen LogP contribution in [0.1, 0.15) is 30.7 Å². The molecule has 0 spiro atoms. The second kappa shape index (κ2) is 4.53. The highest BCUT2D eigenvalue weighted by molar-refractivity contribution is 6.03. The molecule has 0 unspecified atom stereocenters. The number of phenols is 1. The maximum atomic E-state index is 12.4. The number of ether oxygens (including phenoxy) is 1. The standard InChI is InChI=1S/C15H14O4/c16-10-3-1-9(2-4-10)13-8-19-14-7-11(17)5-6-12(14)15(13)18/h1-4,13,16H,5-8H2/t13-/m1/s1. The smallest absolute Gasteiger partial charge is 0.173 e. The summed E-state index contributed by atoms with van der Waals surface area (Å²) < 4.78 is 5.60. The van der Waals surface area contributed by atoms with E-state index in [1.165, 1.54) is 0 Å². The number of benzene rings is 1. The van der Waals surface area contributed by atoms with Crippen LogP contribution in [0.2, 0.25) is 0 Å². The predicted octanol–water partition coefficient (Wildman–Crippen LogP) is 2.08. The van der Waals surface area contributed by atoms with E-state index in [4.69, 9.17) is 4.74 Å². The monoisotopic (exact) mass is 258 g/mol. The van der Waals surface area contributed by atoms with Gasteiger partial charge in [0.25, 0.3) is 0 Å². The van der Waals surface area contributed by atoms with E-state index < -0.39 is 0 Å². The number of carbonyl (C=O) groups excluding carboxylic acids is 2. The Balaban J connectivity index is 1.90. The fourth-order valence-corrected chi connectivity index (χ4v) is 2.60. The van der Waals surface area contributed by atoms with Crippen molar-refractivity contribution in [3.05, 3.63) is 41.2 Å². The highest BCUT2D eigenvalue weighted by Crippen LogP contribution is 2.35. The van der Waals surface area contributed by atoms with Crippen molar-refractivity contribution in [3.63, 3.8) is 0 Å². The normalized spacial score (nSPS) is 23.1. The third-order valence-corrected chi connectivity index (χ3v) is 3.68. The molecule has 0 fully saturated rings. The number of Topliss-reactive ketones (excluding diaryl/α,β-unsaturated/α-hetero) is 2. The van der Waals surface area contributed by atoms with E-state index in [-0.39, 0.29) is 36.3 Å². The zero-order valence-corrected chi connectivity index (χ0v) is 10.4. The molecular formula is C15H14O4. The van der Waals surface area contributed by atoms with E-state index in [9.17, 15) is 14.7 Å². The van der Waals surface area contributed by atoms with Gasteiger partial charge >= 0.3 is 0 Å². The Labute approximate surface area is 110 Å². The van der Waals surface area contributed by atoms with Crippen molar-refractivity contribution in [2.24, 2.45) is 0 Å². The number of phenolic OH excluding ortho intramolecular Hbond substituents is 1. The SMILES string of the molecule is O=C1CCC2=C(C1)OC[C@H](c1ccc(O)cc1)C2=O. The fourth-order valence-electron chi connectivity index (χ4n) is 2.60. The Morgan fingerprint density at radius 2 is 1.84 bits per heavy atom. The van der Waals surface area contributed by atoms with Gasteiger partial charge in [-0.05, 0) is 24.1 Å². The molecule has 1 aliphatic heterocycles. The lowest BCUT2D eigenvalue weighted by Gasteiger charge is -2.29. The van der Waals surface area contributed by atoms with E-state index in [0.29, 0.717) is 24.2 Å². The summed E-state index contributed by atoms with van der Waals surface area (Å²) in [5, 5.41) is 9.27. The topological polar surface area (TPSA) is 63.6 Å². The zero-order valence-electron chi connectivity index (χ0n) is 10.4. The molecule has 98 valence electrons. The average molecular weight is 258 g/mol. The Morgan fingerprint density at radius 1 is 1.11 bits per heavy atom. The first-order chi connectivity index (χ1) is 9.15. The first-order valence-corrected chi connectivity index (χ1v) is 6.35. The Morgan fingerprint density at radius 3 is 2.58 bits per heavy atom. The molecule has 4 nitrogen and oxygen atoms in total. The number of rotatable bonds is 1. The minimum Gasteiger partial charge on any atom is -0.508 e. The van der Waals surface area contributed by atoms with Crippen molar-refractivity contribution >= 4 is 11.6 Å². The number of hydrogen-bond donors (Lipinski definition) is 1. The molecular weight excluding hydrogens is 244 g/mol. The van der Waals surface area contributed by atoms with Crippen LogP contribution in [0.3, 0.4) is 0 Å². The summed E-state index contributed by atoms with van der Waals surface area (Å²) >= 11 is 0. The Kier molecular flexibility index (Phi) is 2.85. The van der Waals surface area contributed by atoms with Crippen LogP contribution in [-0.2, 0) is 14.3 Å². The van der Waals surface area contributed by atoms with Crippen molar-refractivity contribution in [1.82, 2.24) is 0 Å². The van der Waals surface area contributed by atoms with Crippen molar-refractivity contribution in [3.8, 4) is 5.75 Å². The van der Waals surface area contributed by atoms with Gasteiger partial charge in [-0.1, -0.05) is 12.1 Å². The number of carbonyl (C=O) groups is 2. The highest BCUT2D eigenvalue weighted by atomic mass is 16.5. The summed E-state index contributed by atoms with van der Waals surface area (Å²) in [4.78, 5) is 23.8. The van der Waals surface area contributed by atoms with Crippen LogP contribution in [0.4, 0.5) is 0 Å². The van der Waals surface area contributed by atoms with Gasteiger partial charge in [0.05, 0.1) is 12.3 Å². The molecule has 1 heterocycles. The van der Waals surface area contributed by atoms with E-state index in [2.05, 4.69) is 0 Å². The van der Waals surface area contributed by atoms with Crippen molar-refractivity contribution in [1.29, 1.82) is 0 Å². The summed E-state index contributed by atoms with van der Waals surface area (Å²) in [7, 11) is 0. The van der Waals surface area contributed by atoms with Gasteiger partial charge in [0, 0.05) is 12.0 Å². The lowest BCUT2D eigenvalue weighted by molar-refractivity contribution is -0.122. The summed E-state index contributed by atoms with van der Waals surface area (Å²) in [5.41, 5.74) is 1.51. The third kappa shape index (κ3) is 2.14. The zero-order chi connectivity index (χ0) is 13.4. The molecule has 0 saturated carbocycles. The van der Waals surface area contributed by atoms with Gasteiger partial charge in [-0.3, -0.25) is 9.59 Å². The number of allylic oxidation sites excluding steroid dienone is 2. The van der Waals surface area contributed by atoms with Crippen molar-refractivity contribution < 1.29 is 19.4 Å². The van der Waals surface area contributed by atoms with Crippen LogP contribution < -0.4 is 0 Å². The van der Waals surface area contributed by atoms with Gasteiger partial charge in [-0.15, -0.1) is 0 Å². The molecule has 1 atom stereocenters. The molecule has 0 amide bonds. The van der Waals surface area contributed by atoms with E-state index in [0.717, 1.165) is 5.56 Å². The Bertz CT molecular complexity index is 568. The quantitative estimate of drug-likeness (QED) is 0.837.